The topological polar surface area (TPSA) is 46.9 Å². The van der Waals surface area contributed by atoms with Gasteiger partial charge in [0.2, 0.25) is 5.95 Å². The van der Waals surface area contributed by atoms with Crippen molar-refractivity contribution >= 4 is 16.7 Å². The lowest BCUT2D eigenvalue weighted by Crippen LogP contribution is -2.17. The van der Waals surface area contributed by atoms with Gasteiger partial charge in [-0.05, 0) is 27.2 Å². The van der Waals surface area contributed by atoms with Gasteiger partial charge in [0.05, 0.1) is 5.69 Å². The second-order valence-corrected chi connectivity index (χ2v) is 6.60. The van der Waals surface area contributed by atoms with E-state index >= 15 is 0 Å². The van der Waals surface area contributed by atoms with Gasteiger partial charge in [-0.3, -0.25) is 4.21 Å². The van der Waals surface area contributed by atoms with Crippen LogP contribution in [0.25, 0.3) is 0 Å². The minimum Gasteiger partial charge on any atom is -0.353 e. The minimum absolute atomic E-state index is 0.226. The molecule has 0 radical (unpaired) electrons. The van der Waals surface area contributed by atoms with E-state index in [1.807, 2.05) is 20.0 Å². The lowest BCUT2D eigenvalue weighted by Gasteiger charge is -2.13. The zero-order chi connectivity index (χ0) is 13.0. The van der Waals surface area contributed by atoms with Crippen LogP contribution in [0.1, 0.15) is 32.9 Å². The van der Waals surface area contributed by atoms with Crippen LogP contribution in [0.2, 0.25) is 0 Å². The van der Waals surface area contributed by atoms with E-state index in [0.717, 1.165) is 24.6 Å². The average molecular weight is 257 g/mol. The van der Waals surface area contributed by atoms with Gasteiger partial charge in [-0.15, -0.1) is 0 Å². The fourth-order valence-corrected chi connectivity index (χ4v) is 2.01. The standard InChI is InChI=1S/C12H23N3OS/c1-9(2)13-12-14-10(3)8-15(12)7-6-11(4)17(5)16/h8-9,11H,6-7H2,1-5H3,(H,13,14). The van der Waals surface area contributed by atoms with E-state index < -0.39 is 10.8 Å². The van der Waals surface area contributed by atoms with Crippen molar-refractivity contribution in [1.82, 2.24) is 9.55 Å². The third-order valence-corrected chi connectivity index (χ3v) is 4.03. The second kappa shape index (κ2) is 6.19. The maximum atomic E-state index is 11.3. The highest BCUT2D eigenvalue weighted by Gasteiger charge is 2.10. The number of hydrogen-bond donors (Lipinski definition) is 1. The summed E-state index contributed by atoms with van der Waals surface area (Å²) in [6, 6.07) is 0.369. The molecule has 0 spiro atoms. The molecule has 0 aromatic carbocycles. The van der Waals surface area contributed by atoms with Crippen molar-refractivity contribution < 1.29 is 4.21 Å². The van der Waals surface area contributed by atoms with Crippen molar-refractivity contribution in [2.45, 2.75) is 52.0 Å². The predicted molar refractivity (Wildman–Crippen MR) is 73.9 cm³/mol. The van der Waals surface area contributed by atoms with Crippen LogP contribution >= 0.6 is 0 Å². The fourth-order valence-electron chi connectivity index (χ4n) is 1.58. The SMILES string of the molecule is Cc1cn(CCC(C)S(C)=O)c(NC(C)C)n1. The molecule has 0 fully saturated rings. The molecular weight excluding hydrogens is 234 g/mol. The van der Waals surface area contributed by atoms with Crippen LogP contribution in [0.15, 0.2) is 6.20 Å². The van der Waals surface area contributed by atoms with E-state index in [-0.39, 0.29) is 5.25 Å². The van der Waals surface area contributed by atoms with Crippen LogP contribution in [0.3, 0.4) is 0 Å². The highest BCUT2D eigenvalue weighted by molar-refractivity contribution is 7.84. The van der Waals surface area contributed by atoms with Gasteiger partial charge in [-0.2, -0.15) is 0 Å². The Morgan fingerprint density at radius 1 is 1.47 bits per heavy atom. The summed E-state index contributed by atoms with van der Waals surface area (Å²) in [5.74, 6) is 0.909. The number of nitrogens with one attached hydrogen (secondary N) is 1. The zero-order valence-corrected chi connectivity index (χ0v) is 12.2. The Kier molecular flexibility index (Phi) is 5.18. The Morgan fingerprint density at radius 3 is 2.65 bits per heavy atom. The molecule has 1 heterocycles. The number of anilines is 1. The van der Waals surface area contributed by atoms with Crippen LogP contribution in [0.5, 0.6) is 0 Å². The number of rotatable bonds is 6. The smallest absolute Gasteiger partial charge is 0.203 e. The molecule has 0 aliphatic heterocycles. The van der Waals surface area contributed by atoms with E-state index in [1.54, 1.807) is 6.26 Å². The molecule has 1 rings (SSSR count). The Bertz CT molecular complexity index is 387. The maximum absolute atomic E-state index is 11.3. The second-order valence-electron chi connectivity index (χ2n) is 4.80. The molecule has 1 aromatic rings. The van der Waals surface area contributed by atoms with Crippen molar-refractivity contribution in [3.05, 3.63) is 11.9 Å². The summed E-state index contributed by atoms with van der Waals surface area (Å²) in [5.41, 5.74) is 1.01. The first-order valence-electron chi connectivity index (χ1n) is 6.02. The van der Waals surface area contributed by atoms with Gasteiger partial charge >= 0.3 is 0 Å². The van der Waals surface area contributed by atoms with Crippen LogP contribution in [-0.2, 0) is 17.3 Å². The van der Waals surface area contributed by atoms with Crippen LogP contribution in [-0.4, -0.2) is 31.3 Å². The van der Waals surface area contributed by atoms with Gasteiger partial charge in [0.25, 0.3) is 0 Å². The fraction of sp³-hybridized carbons (Fsp3) is 0.750. The monoisotopic (exact) mass is 257 g/mol. The molecule has 0 aliphatic carbocycles. The molecule has 1 N–H and O–H groups in total. The molecule has 4 nitrogen and oxygen atoms in total. The van der Waals surface area contributed by atoms with Crippen LogP contribution < -0.4 is 5.32 Å². The molecule has 5 heteroatoms. The molecule has 0 bridgehead atoms. The van der Waals surface area contributed by atoms with Gasteiger partial charge in [0, 0.05) is 41.1 Å². The molecule has 98 valence electrons. The molecule has 0 aliphatic rings. The summed E-state index contributed by atoms with van der Waals surface area (Å²) in [6.07, 6.45) is 4.71. The predicted octanol–water partition coefficient (Wildman–Crippen LogP) is 2.17. The first-order chi connectivity index (χ1) is 7.90. The van der Waals surface area contributed by atoms with Crippen LogP contribution in [0, 0.1) is 6.92 Å². The van der Waals surface area contributed by atoms with E-state index in [9.17, 15) is 4.21 Å². The van der Waals surface area contributed by atoms with E-state index in [0.29, 0.717) is 6.04 Å². The maximum Gasteiger partial charge on any atom is 0.203 e. The largest absolute Gasteiger partial charge is 0.353 e. The number of hydrogen-bond acceptors (Lipinski definition) is 3. The Hall–Kier alpha value is -0.840. The first kappa shape index (κ1) is 14.2. The molecule has 0 amide bonds. The number of nitrogens with zero attached hydrogens (tertiary/aromatic N) is 2. The summed E-state index contributed by atoms with van der Waals surface area (Å²) in [5, 5.41) is 3.55. The minimum atomic E-state index is -0.749. The van der Waals surface area contributed by atoms with E-state index in [1.165, 1.54) is 0 Å². The van der Waals surface area contributed by atoms with Crippen molar-refractivity contribution in [3.63, 3.8) is 0 Å². The lowest BCUT2D eigenvalue weighted by atomic mass is 10.3. The molecule has 2 unspecified atom stereocenters. The van der Waals surface area contributed by atoms with E-state index in [2.05, 4.69) is 28.7 Å². The number of aromatic nitrogens is 2. The normalized spacial score (nSPS) is 14.9. The molecule has 17 heavy (non-hydrogen) atoms. The molecule has 2 atom stereocenters. The summed E-state index contributed by atoms with van der Waals surface area (Å²) in [7, 11) is -0.749. The van der Waals surface area contributed by atoms with Gasteiger partial charge < -0.3 is 9.88 Å². The van der Waals surface area contributed by atoms with Gasteiger partial charge in [0.15, 0.2) is 0 Å². The highest BCUT2D eigenvalue weighted by atomic mass is 32.2. The van der Waals surface area contributed by atoms with E-state index in [4.69, 9.17) is 0 Å². The van der Waals surface area contributed by atoms with Crippen molar-refractivity contribution in [2.75, 3.05) is 11.6 Å². The molecule has 0 saturated heterocycles. The van der Waals surface area contributed by atoms with Gasteiger partial charge in [-0.25, -0.2) is 4.98 Å². The summed E-state index contributed by atoms with van der Waals surface area (Å²) >= 11 is 0. The molecule has 1 aromatic heterocycles. The third kappa shape index (κ3) is 4.50. The quantitative estimate of drug-likeness (QED) is 0.849. The molecule has 0 saturated carbocycles. The van der Waals surface area contributed by atoms with Crippen molar-refractivity contribution in [2.24, 2.45) is 0 Å². The Labute approximate surface area is 106 Å². The van der Waals surface area contributed by atoms with Crippen molar-refractivity contribution in [1.29, 1.82) is 0 Å². The number of aryl methyl sites for hydroxylation is 2. The molecular formula is C12H23N3OS. The van der Waals surface area contributed by atoms with Gasteiger partial charge in [-0.1, -0.05) is 6.92 Å². The van der Waals surface area contributed by atoms with Gasteiger partial charge in [0.1, 0.15) is 0 Å². The van der Waals surface area contributed by atoms with Crippen molar-refractivity contribution in [3.8, 4) is 0 Å². The summed E-state index contributed by atoms with van der Waals surface area (Å²) < 4.78 is 13.4. The number of imidazole rings is 1. The third-order valence-electron chi connectivity index (χ3n) is 2.66. The Balaban J connectivity index is 2.66. The summed E-state index contributed by atoms with van der Waals surface area (Å²) in [4.78, 5) is 4.45. The van der Waals surface area contributed by atoms with Crippen LogP contribution in [0.4, 0.5) is 5.95 Å². The Morgan fingerprint density at radius 2 is 2.12 bits per heavy atom. The average Bonchev–Trinajstić information content (AvgIpc) is 2.54. The first-order valence-corrected chi connectivity index (χ1v) is 7.64. The lowest BCUT2D eigenvalue weighted by molar-refractivity contribution is 0.619. The highest BCUT2D eigenvalue weighted by Crippen LogP contribution is 2.12. The summed E-state index contributed by atoms with van der Waals surface area (Å²) in [6.45, 7) is 9.06. The zero-order valence-electron chi connectivity index (χ0n) is 11.4.